The summed E-state index contributed by atoms with van der Waals surface area (Å²) in [6, 6.07) is 3.40. The number of hydrogen-bond acceptors (Lipinski definition) is 2. The van der Waals surface area contributed by atoms with Gasteiger partial charge in [0.2, 0.25) is 0 Å². The Balaban J connectivity index is 2.25. The van der Waals surface area contributed by atoms with Crippen molar-refractivity contribution in [3.05, 3.63) is 29.7 Å². The van der Waals surface area contributed by atoms with Crippen LogP contribution in [0.1, 0.15) is 103 Å². The van der Waals surface area contributed by atoms with Crippen molar-refractivity contribution >= 4 is 0 Å². The van der Waals surface area contributed by atoms with E-state index in [-0.39, 0.29) is 16.9 Å². The number of phenolic OH excluding ortho intramolecular Hbond substituents is 2. The van der Waals surface area contributed by atoms with Gasteiger partial charge in [0.1, 0.15) is 11.5 Å². The van der Waals surface area contributed by atoms with E-state index in [2.05, 4.69) is 6.92 Å². The molecule has 0 heterocycles. The second-order valence-electron chi connectivity index (χ2n) is 8.00. The molecule has 2 nitrogen and oxygen atoms in total. The molecule has 2 heteroatoms. The molecule has 1 radical (unpaired) electrons. The fourth-order valence-corrected chi connectivity index (χ4v) is 3.07. The number of rotatable bonds is 11. The minimum Gasteiger partial charge on any atom is -0.508 e. The van der Waals surface area contributed by atoms with Gasteiger partial charge in [0.05, 0.1) is 0 Å². The van der Waals surface area contributed by atoms with E-state index in [0.717, 1.165) is 24.0 Å². The average Bonchev–Trinajstić information content (AvgIpc) is 2.51. The second-order valence-corrected chi connectivity index (χ2v) is 8.00. The van der Waals surface area contributed by atoms with Crippen LogP contribution in [0.4, 0.5) is 0 Å². The summed E-state index contributed by atoms with van der Waals surface area (Å²) in [6.07, 6.45) is 14.9. The Hall–Kier alpha value is -1.18. The van der Waals surface area contributed by atoms with Crippen molar-refractivity contribution in [3.63, 3.8) is 0 Å². The lowest BCUT2D eigenvalue weighted by Gasteiger charge is -2.21. The van der Waals surface area contributed by atoms with Crippen LogP contribution in [0.5, 0.6) is 11.5 Å². The molecule has 0 saturated carbocycles. The lowest BCUT2D eigenvalue weighted by atomic mass is 9.85. The minimum absolute atomic E-state index is 0.169. The maximum absolute atomic E-state index is 10.2. The molecular formula is C22H37O2. The lowest BCUT2D eigenvalue weighted by molar-refractivity contribution is 0.433. The third-order valence-electron chi connectivity index (χ3n) is 4.62. The molecule has 0 aliphatic rings. The number of phenols is 2. The largest absolute Gasteiger partial charge is 0.508 e. The quantitative estimate of drug-likeness (QED) is 0.343. The average molecular weight is 334 g/mol. The van der Waals surface area contributed by atoms with Crippen molar-refractivity contribution in [2.75, 3.05) is 0 Å². The fraction of sp³-hybridized carbons (Fsp3) is 0.682. The summed E-state index contributed by atoms with van der Waals surface area (Å²) in [5.74, 6) is 0.548. The summed E-state index contributed by atoms with van der Waals surface area (Å²) >= 11 is 0. The van der Waals surface area contributed by atoms with Gasteiger partial charge >= 0.3 is 0 Å². The smallest absolute Gasteiger partial charge is 0.119 e. The first kappa shape index (κ1) is 20.9. The number of unbranched alkanes of at least 4 members (excludes halogenated alkanes) is 9. The SMILES string of the molecule is CCCCCCCCCCC[CH]c1cc(O)c(C(C)(C)C)cc1O. The first-order valence-corrected chi connectivity index (χ1v) is 9.76. The highest BCUT2D eigenvalue weighted by Crippen LogP contribution is 2.36. The van der Waals surface area contributed by atoms with Gasteiger partial charge in [0.15, 0.2) is 0 Å². The maximum atomic E-state index is 10.2. The van der Waals surface area contributed by atoms with Gasteiger partial charge in [-0.3, -0.25) is 0 Å². The van der Waals surface area contributed by atoms with E-state index in [0.29, 0.717) is 0 Å². The van der Waals surface area contributed by atoms with E-state index in [4.69, 9.17) is 0 Å². The molecule has 0 spiro atoms. The van der Waals surface area contributed by atoms with Gasteiger partial charge in [-0.25, -0.2) is 0 Å². The Kier molecular flexibility index (Phi) is 9.25. The highest BCUT2D eigenvalue weighted by atomic mass is 16.3. The second kappa shape index (κ2) is 10.6. The van der Waals surface area contributed by atoms with Crippen LogP contribution in [-0.4, -0.2) is 10.2 Å². The molecule has 1 aromatic rings. The van der Waals surface area contributed by atoms with E-state index >= 15 is 0 Å². The van der Waals surface area contributed by atoms with Crippen molar-refractivity contribution < 1.29 is 10.2 Å². The Labute approximate surface area is 149 Å². The standard InChI is InChI=1S/C22H37O2/c1-5-6-7-8-9-10-11-12-13-14-15-18-16-21(24)19(17-20(18)23)22(2,3)4/h15-17,23-24H,5-14H2,1-4H3. The normalized spacial score (nSPS) is 11.8. The number of benzene rings is 1. The number of hydrogen-bond donors (Lipinski definition) is 2. The van der Waals surface area contributed by atoms with Gasteiger partial charge in [-0.2, -0.15) is 0 Å². The Bertz CT molecular complexity index is 472. The molecule has 0 fully saturated rings. The first-order chi connectivity index (χ1) is 11.4. The van der Waals surface area contributed by atoms with Crippen LogP contribution in [0, 0.1) is 6.42 Å². The van der Waals surface area contributed by atoms with Crippen LogP contribution in [0.25, 0.3) is 0 Å². The summed E-state index contributed by atoms with van der Waals surface area (Å²) in [5, 5.41) is 20.4. The molecule has 24 heavy (non-hydrogen) atoms. The molecule has 0 aliphatic heterocycles. The van der Waals surface area contributed by atoms with Gasteiger partial charge in [-0.1, -0.05) is 85.5 Å². The minimum atomic E-state index is -0.169. The van der Waals surface area contributed by atoms with E-state index in [9.17, 15) is 10.2 Å². The Morgan fingerprint density at radius 2 is 1.33 bits per heavy atom. The first-order valence-electron chi connectivity index (χ1n) is 9.76. The van der Waals surface area contributed by atoms with Gasteiger partial charge in [0.25, 0.3) is 0 Å². The molecule has 0 bridgehead atoms. The van der Waals surface area contributed by atoms with Gasteiger partial charge in [0, 0.05) is 11.1 Å². The lowest BCUT2D eigenvalue weighted by Crippen LogP contribution is -2.11. The van der Waals surface area contributed by atoms with Crippen LogP contribution in [-0.2, 0) is 5.41 Å². The molecule has 2 N–H and O–H groups in total. The summed E-state index contributed by atoms with van der Waals surface area (Å²) in [6.45, 7) is 8.36. The van der Waals surface area contributed by atoms with Crippen LogP contribution >= 0.6 is 0 Å². The zero-order valence-electron chi connectivity index (χ0n) is 16.2. The molecule has 0 unspecified atom stereocenters. The fourth-order valence-electron chi connectivity index (χ4n) is 3.07. The van der Waals surface area contributed by atoms with E-state index in [1.807, 2.05) is 27.2 Å². The Morgan fingerprint density at radius 1 is 0.792 bits per heavy atom. The molecule has 0 atom stereocenters. The van der Waals surface area contributed by atoms with E-state index in [1.54, 1.807) is 12.1 Å². The molecule has 0 aliphatic carbocycles. The zero-order valence-corrected chi connectivity index (χ0v) is 16.2. The summed E-state index contributed by atoms with van der Waals surface area (Å²) in [7, 11) is 0. The van der Waals surface area contributed by atoms with Crippen LogP contribution < -0.4 is 0 Å². The molecule has 0 aromatic heterocycles. The summed E-state index contributed by atoms with van der Waals surface area (Å²) in [5.41, 5.74) is 1.37. The van der Waals surface area contributed by atoms with Crippen molar-refractivity contribution in [2.45, 2.75) is 97.3 Å². The topological polar surface area (TPSA) is 40.5 Å². The third-order valence-corrected chi connectivity index (χ3v) is 4.62. The van der Waals surface area contributed by atoms with Crippen LogP contribution in [0.3, 0.4) is 0 Å². The zero-order chi connectivity index (χ0) is 18.0. The summed E-state index contributed by atoms with van der Waals surface area (Å²) < 4.78 is 0. The van der Waals surface area contributed by atoms with Gasteiger partial charge in [-0.15, -0.1) is 0 Å². The maximum Gasteiger partial charge on any atom is 0.119 e. The molecule has 137 valence electrons. The van der Waals surface area contributed by atoms with Crippen molar-refractivity contribution in [1.82, 2.24) is 0 Å². The Morgan fingerprint density at radius 3 is 1.88 bits per heavy atom. The van der Waals surface area contributed by atoms with Gasteiger partial charge < -0.3 is 10.2 Å². The molecular weight excluding hydrogens is 296 g/mol. The summed E-state index contributed by atoms with van der Waals surface area (Å²) in [4.78, 5) is 0. The predicted octanol–water partition coefficient (Wildman–Crippen LogP) is 6.87. The van der Waals surface area contributed by atoms with Crippen LogP contribution in [0.15, 0.2) is 12.1 Å². The third kappa shape index (κ3) is 7.59. The van der Waals surface area contributed by atoms with E-state index in [1.165, 1.54) is 51.4 Å². The van der Waals surface area contributed by atoms with Crippen molar-refractivity contribution in [1.29, 1.82) is 0 Å². The highest BCUT2D eigenvalue weighted by molar-refractivity contribution is 5.50. The van der Waals surface area contributed by atoms with Gasteiger partial charge in [-0.05, 0) is 30.4 Å². The van der Waals surface area contributed by atoms with Crippen LogP contribution in [0.2, 0.25) is 0 Å². The van der Waals surface area contributed by atoms with E-state index < -0.39 is 0 Å². The highest BCUT2D eigenvalue weighted by Gasteiger charge is 2.20. The van der Waals surface area contributed by atoms with Crippen molar-refractivity contribution in [3.8, 4) is 11.5 Å². The number of aromatic hydroxyl groups is 2. The predicted molar refractivity (Wildman–Crippen MR) is 104 cm³/mol. The monoisotopic (exact) mass is 333 g/mol. The molecule has 1 rings (SSSR count). The van der Waals surface area contributed by atoms with Crippen molar-refractivity contribution in [2.24, 2.45) is 0 Å². The molecule has 0 amide bonds. The molecule has 0 saturated heterocycles. The molecule has 1 aromatic carbocycles.